The molecule has 5 heteroatoms. The lowest BCUT2D eigenvalue weighted by Crippen LogP contribution is -2.29. The Hall–Kier alpha value is -1.52. The van der Waals surface area contributed by atoms with Crippen LogP contribution in [0.25, 0.3) is 0 Å². The molecule has 2 unspecified atom stereocenters. The minimum atomic E-state index is -0.0162. The van der Waals surface area contributed by atoms with Crippen molar-refractivity contribution in [3.05, 3.63) is 11.8 Å². The molecule has 1 fully saturated rings. The first-order valence-electron chi connectivity index (χ1n) is 5.17. The number of rotatable bonds is 1. The summed E-state index contributed by atoms with van der Waals surface area (Å²) in [5.41, 5.74) is 6.10. The molecule has 0 spiro atoms. The van der Waals surface area contributed by atoms with Crippen molar-refractivity contribution in [2.75, 3.05) is 18.8 Å². The number of amides is 1. The van der Waals surface area contributed by atoms with Crippen LogP contribution in [-0.2, 0) is 0 Å². The van der Waals surface area contributed by atoms with Gasteiger partial charge in [-0.15, -0.1) is 0 Å². The van der Waals surface area contributed by atoms with E-state index < -0.39 is 0 Å². The molecule has 1 aromatic rings. The molecule has 2 heterocycles. The number of carbonyl (C=O) groups excluding carboxylic acids is 1. The second kappa shape index (κ2) is 3.56. The van der Waals surface area contributed by atoms with Crippen molar-refractivity contribution in [3.63, 3.8) is 0 Å². The number of H-pyrrole nitrogens is 1. The molecule has 82 valence electrons. The summed E-state index contributed by atoms with van der Waals surface area (Å²) in [5.74, 6) is 1.45. The molecule has 15 heavy (non-hydrogen) atoms. The van der Waals surface area contributed by atoms with Gasteiger partial charge in [0.15, 0.2) is 0 Å². The molecule has 0 bridgehead atoms. The molecule has 2 atom stereocenters. The fourth-order valence-corrected chi connectivity index (χ4v) is 1.93. The van der Waals surface area contributed by atoms with E-state index in [1.165, 1.54) is 6.20 Å². The minimum Gasteiger partial charge on any atom is -0.383 e. The molecule has 1 aliphatic heterocycles. The highest BCUT2D eigenvalue weighted by Crippen LogP contribution is 2.24. The first-order valence-corrected chi connectivity index (χ1v) is 5.17. The van der Waals surface area contributed by atoms with E-state index >= 15 is 0 Å². The SMILES string of the molecule is CC1CN(C(=O)c2cn[nH]c2N)CC1C. The average molecular weight is 208 g/mol. The topological polar surface area (TPSA) is 75.0 Å². The van der Waals surface area contributed by atoms with E-state index in [2.05, 4.69) is 24.0 Å². The zero-order chi connectivity index (χ0) is 11.0. The highest BCUT2D eigenvalue weighted by molar-refractivity contribution is 5.98. The average Bonchev–Trinajstić information content (AvgIpc) is 2.74. The Balaban J connectivity index is 2.13. The van der Waals surface area contributed by atoms with Crippen LogP contribution >= 0.6 is 0 Å². The molecule has 1 saturated heterocycles. The van der Waals surface area contributed by atoms with E-state index in [-0.39, 0.29) is 5.91 Å². The Morgan fingerprint density at radius 1 is 1.53 bits per heavy atom. The molecule has 5 nitrogen and oxygen atoms in total. The van der Waals surface area contributed by atoms with Crippen molar-refractivity contribution in [2.24, 2.45) is 11.8 Å². The van der Waals surface area contributed by atoms with Crippen molar-refractivity contribution in [3.8, 4) is 0 Å². The Bertz CT molecular complexity index is 363. The van der Waals surface area contributed by atoms with Gasteiger partial charge in [0.2, 0.25) is 0 Å². The molecule has 2 rings (SSSR count). The van der Waals surface area contributed by atoms with Crippen molar-refractivity contribution in [1.29, 1.82) is 0 Å². The van der Waals surface area contributed by atoms with Crippen molar-refractivity contribution in [2.45, 2.75) is 13.8 Å². The Kier molecular flexibility index (Phi) is 2.38. The molecule has 1 aromatic heterocycles. The van der Waals surface area contributed by atoms with Gasteiger partial charge in [-0.25, -0.2) is 0 Å². The van der Waals surface area contributed by atoms with Gasteiger partial charge in [-0.3, -0.25) is 9.89 Å². The minimum absolute atomic E-state index is 0.0162. The summed E-state index contributed by atoms with van der Waals surface area (Å²) in [6.07, 6.45) is 1.49. The molecule has 1 aliphatic rings. The number of nitrogen functional groups attached to an aromatic ring is 1. The van der Waals surface area contributed by atoms with Crippen LogP contribution < -0.4 is 5.73 Å². The molecule has 0 aromatic carbocycles. The Morgan fingerprint density at radius 2 is 2.13 bits per heavy atom. The number of hydrogen-bond donors (Lipinski definition) is 2. The maximum atomic E-state index is 12.0. The second-order valence-electron chi connectivity index (χ2n) is 4.36. The summed E-state index contributed by atoms with van der Waals surface area (Å²) in [7, 11) is 0. The van der Waals surface area contributed by atoms with Crippen LogP contribution in [0.15, 0.2) is 6.20 Å². The number of aromatic nitrogens is 2. The van der Waals surface area contributed by atoms with Crippen LogP contribution in [0.5, 0.6) is 0 Å². The molecule has 0 aliphatic carbocycles. The molecule has 0 saturated carbocycles. The lowest BCUT2D eigenvalue weighted by molar-refractivity contribution is 0.0786. The van der Waals surface area contributed by atoms with E-state index in [0.717, 1.165) is 13.1 Å². The lowest BCUT2D eigenvalue weighted by Gasteiger charge is -2.14. The maximum Gasteiger partial charge on any atom is 0.259 e. The van der Waals surface area contributed by atoms with E-state index in [4.69, 9.17) is 5.73 Å². The van der Waals surface area contributed by atoms with Gasteiger partial charge in [-0.1, -0.05) is 13.8 Å². The number of carbonyl (C=O) groups is 1. The predicted molar refractivity (Wildman–Crippen MR) is 57.2 cm³/mol. The summed E-state index contributed by atoms with van der Waals surface area (Å²) in [5, 5.41) is 6.33. The van der Waals surface area contributed by atoms with Crippen LogP contribution in [0, 0.1) is 11.8 Å². The standard InChI is InChI=1S/C10H16N4O/c1-6-4-14(5-7(6)2)10(15)8-3-12-13-9(8)11/h3,6-7H,4-5H2,1-2H3,(H3,11,12,13). The number of anilines is 1. The van der Waals surface area contributed by atoms with Crippen LogP contribution in [0.4, 0.5) is 5.82 Å². The molecule has 1 amide bonds. The van der Waals surface area contributed by atoms with E-state index in [1.807, 2.05) is 4.90 Å². The van der Waals surface area contributed by atoms with Crippen molar-refractivity contribution in [1.82, 2.24) is 15.1 Å². The summed E-state index contributed by atoms with van der Waals surface area (Å²) in [6, 6.07) is 0. The van der Waals surface area contributed by atoms with Crippen molar-refractivity contribution < 1.29 is 4.79 Å². The highest BCUT2D eigenvalue weighted by Gasteiger charge is 2.30. The molecule has 3 N–H and O–H groups in total. The van der Waals surface area contributed by atoms with Gasteiger partial charge < -0.3 is 10.6 Å². The van der Waals surface area contributed by atoms with E-state index in [0.29, 0.717) is 23.2 Å². The molecular weight excluding hydrogens is 192 g/mol. The summed E-state index contributed by atoms with van der Waals surface area (Å²) >= 11 is 0. The summed E-state index contributed by atoms with van der Waals surface area (Å²) in [4.78, 5) is 13.8. The second-order valence-corrected chi connectivity index (χ2v) is 4.36. The smallest absolute Gasteiger partial charge is 0.259 e. The van der Waals surface area contributed by atoms with Crippen LogP contribution in [0.2, 0.25) is 0 Å². The highest BCUT2D eigenvalue weighted by atomic mass is 16.2. The van der Waals surface area contributed by atoms with Gasteiger partial charge in [0, 0.05) is 13.1 Å². The van der Waals surface area contributed by atoms with E-state index in [9.17, 15) is 4.79 Å². The number of nitrogens with one attached hydrogen (secondary N) is 1. The number of nitrogens with zero attached hydrogens (tertiary/aromatic N) is 2. The fraction of sp³-hybridized carbons (Fsp3) is 0.600. The van der Waals surface area contributed by atoms with Crippen molar-refractivity contribution >= 4 is 11.7 Å². The van der Waals surface area contributed by atoms with Gasteiger partial charge in [-0.05, 0) is 11.8 Å². The van der Waals surface area contributed by atoms with Crippen LogP contribution in [0.3, 0.4) is 0 Å². The lowest BCUT2D eigenvalue weighted by atomic mass is 10.0. The van der Waals surface area contributed by atoms with Gasteiger partial charge >= 0.3 is 0 Å². The first-order chi connectivity index (χ1) is 7.09. The Morgan fingerprint density at radius 3 is 2.60 bits per heavy atom. The molecular formula is C10H16N4O. The van der Waals surface area contributed by atoms with Crippen LogP contribution in [0.1, 0.15) is 24.2 Å². The number of aromatic amines is 1. The number of hydrogen-bond acceptors (Lipinski definition) is 3. The summed E-state index contributed by atoms with van der Waals surface area (Å²) < 4.78 is 0. The van der Waals surface area contributed by atoms with Gasteiger partial charge in [0.1, 0.15) is 11.4 Å². The fourth-order valence-electron chi connectivity index (χ4n) is 1.93. The van der Waals surface area contributed by atoms with Gasteiger partial charge in [-0.2, -0.15) is 5.10 Å². The zero-order valence-corrected chi connectivity index (χ0v) is 9.03. The molecule has 0 radical (unpaired) electrons. The normalized spacial score (nSPS) is 25.9. The van der Waals surface area contributed by atoms with Gasteiger partial charge in [0.05, 0.1) is 6.20 Å². The third-order valence-corrected chi connectivity index (χ3v) is 3.17. The first kappa shape index (κ1) is 10.0. The number of likely N-dealkylation sites (tertiary alicyclic amines) is 1. The largest absolute Gasteiger partial charge is 0.383 e. The summed E-state index contributed by atoms with van der Waals surface area (Å²) in [6.45, 7) is 5.95. The quantitative estimate of drug-likeness (QED) is 0.714. The maximum absolute atomic E-state index is 12.0. The monoisotopic (exact) mass is 208 g/mol. The van der Waals surface area contributed by atoms with Crippen LogP contribution in [-0.4, -0.2) is 34.1 Å². The predicted octanol–water partition coefficient (Wildman–Crippen LogP) is 0.720. The number of nitrogens with two attached hydrogens (primary N) is 1. The Labute approximate surface area is 88.6 Å². The third-order valence-electron chi connectivity index (χ3n) is 3.17. The zero-order valence-electron chi connectivity index (χ0n) is 9.03. The van der Waals surface area contributed by atoms with E-state index in [1.54, 1.807) is 0 Å². The van der Waals surface area contributed by atoms with Gasteiger partial charge in [0.25, 0.3) is 5.91 Å². The third kappa shape index (κ3) is 1.69.